The summed E-state index contributed by atoms with van der Waals surface area (Å²) < 4.78 is 0.718. The minimum absolute atomic E-state index is 0.244. The average Bonchev–Trinajstić information content (AvgIpc) is 2.85. The van der Waals surface area contributed by atoms with Gasteiger partial charge in [-0.1, -0.05) is 22.0 Å². The number of nitrogens with two attached hydrogens (primary N) is 1. The fourth-order valence-corrected chi connectivity index (χ4v) is 3.79. The molecule has 2 aromatic rings. The highest BCUT2D eigenvalue weighted by Crippen LogP contribution is 2.27. The van der Waals surface area contributed by atoms with Crippen molar-refractivity contribution in [3.05, 3.63) is 63.1 Å². The molecule has 26 heavy (non-hydrogen) atoms. The Morgan fingerprint density at radius 1 is 1.04 bits per heavy atom. The lowest BCUT2D eigenvalue weighted by molar-refractivity contribution is -0.132. The van der Waals surface area contributed by atoms with E-state index in [1.165, 1.54) is 5.56 Å². The first-order valence-electron chi connectivity index (χ1n) is 8.25. The van der Waals surface area contributed by atoms with E-state index in [0.717, 1.165) is 21.4 Å². The van der Waals surface area contributed by atoms with Crippen molar-refractivity contribution in [1.82, 2.24) is 9.80 Å². The molecule has 4 rings (SSSR count). The molecule has 2 aliphatic rings. The summed E-state index contributed by atoms with van der Waals surface area (Å²) in [5.41, 5.74) is 9.33. The van der Waals surface area contributed by atoms with Crippen LogP contribution in [-0.2, 0) is 17.8 Å². The molecule has 132 valence electrons. The van der Waals surface area contributed by atoms with Gasteiger partial charge in [0.1, 0.15) is 6.54 Å². The van der Waals surface area contributed by atoms with Crippen LogP contribution in [0.1, 0.15) is 31.8 Å². The van der Waals surface area contributed by atoms with Gasteiger partial charge < -0.3 is 10.6 Å². The van der Waals surface area contributed by atoms with E-state index in [9.17, 15) is 14.4 Å². The van der Waals surface area contributed by atoms with Crippen molar-refractivity contribution in [3.8, 4) is 0 Å². The number of hydrogen-bond donors (Lipinski definition) is 1. The number of anilines is 1. The van der Waals surface area contributed by atoms with Gasteiger partial charge in [-0.25, -0.2) is 0 Å². The Morgan fingerprint density at radius 2 is 1.81 bits per heavy atom. The molecular formula is C19H16BrN3O3. The van der Waals surface area contributed by atoms with E-state index in [-0.39, 0.29) is 12.5 Å². The van der Waals surface area contributed by atoms with E-state index in [2.05, 4.69) is 15.9 Å². The molecule has 0 radical (unpaired) electrons. The zero-order chi connectivity index (χ0) is 18.4. The summed E-state index contributed by atoms with van der Waals surface area (Å²) in [4.78, 5) is 40.4. The highest BCUT2D eigenvalue weighted by Gasteiger charge is 2.37. The number of rotatable bonds is 2. The Bertz CT molecular complexity index is 957. The minimum Gasteiger partial charge on any atom is -0.399 e. The van der Waals surface area contributed by atoms with Crippen molar-refractivity contribution < 1.29 is 14.4 Å². The molecule has 2 aromatic carbocycles. The Kier molecular flexibility index (Phi) is 4.03. The molecule has 0 unspecified atom stereocenters. The van der Waals surface area contributed by atoms with Crippen molar-refractivity contribution >= 4 is 39.3 Å². The van der Waals surface area contributed by atoms with Crippen molar-refractivity contribution in [2.45, 2.75) is 13.0 Å². The number of nitrogen functional groups attached to an aromatic ring is 1. The second-order valence-electron chi connectivity index (χ2n) is 6.48. The third kappa shape index (κ3) is 2.78. The van der Waals surface area contributed by atoms with Crippen molar-refractivity contribution in [1.29, 1.82) is 0 Å². The van der Waals surface area contributed by atoms with Crippen LogP contribution in [0, 0.1) is 0 Å². The Morgan fingerprint density at radius 3 is 2.62 bits per heavy atom. The maximum absolute atomic E-state index is 12.7. The van der Waals surface area contributed by atoms with E-state index in [1.54, 1.807) is 23.1 Å². The number of fused-ring (bicyclic) bond motifs is 2. The molecule has 0 saturated carbocycles. The molecule has 0 bridgehead atoms. The highest BCUT2D eigenvalue weighted by molar-refractivity contribution is 9.10. The van der Waals surface area contributed by atoms with Crippen LogP contribution >= 0.6 is 15.9 Å². The Hall–Kier alpha value is -2.67. The van der Waals surface area contributed by atoms with Gasteiger partial charge in [0, 0.05) is 23.2 Å². The maximum atomic E-state index is 12.7. The number of carbonyl (C=O) groups excluding carboxylic acids is 3. The highest BCUT2D eigenvalue weighted by atomic mass is 79.9. The summed E-state index contributed by atoms with van der Waals surface area (Å²) in [6.07, 6.45) is 0.733. The number of amides is 3. The molecule has 0 atom stereocenters. The fourth-order valence-electron chi connectivity index (χ4n) is 3.43. The lowest BCUT2D eigenvalue weighted by Crippen LogP contribution is -2.44. The zero-order valence-corrected chi connectivity index (χ0v) is 15.5. The molecule has 0 saturated heterocycles. The SMILES string of the molecule is Nc1ccc2c(c1)CN(C(=O)CN1C(=O)c3ccc(Br)cc3C1=O)CC2. The summed E-state index contributed by atoms with van der Waals surface area (Å²) >= 11 is 3.30. The van der Waals surface area contributed by atoms with Crippen molar-refractivity contribution in [2.24, 2.45) is 0 Å². The maximum Gasteiger partial charge on any atom is 0.262 e. The van der Waals surface area contributed by atoms with Crippen LogP contribution in [0.2, 0.25) is 0 Å². The predicted molar refractivity (Wildman–Crippen MR) is 99.5 cm³/mol. The Labute approximate surface area is 158 Å². The number of nitrogens with zero attached hydrogens (tertiary/aromatic N) is 2. The number of hydrogen-bond acceptors (Lipinski definition) is 4. The third-order valence-electron chi connectivity index (χ3n) is 4.82. The van der Waals surface area contributed by atoms with E-state index in [4.69, 9.17) is 5.73 Å². The summed E-state index contributed by atoms with van der Waals surface area (Å²) in [5.74, 6) is -1.10. The van der Waals surface area contributed by atoms with Crippen LogP contribution in [0.5, 0.6) is 0 Å². The van der Waals surface area contributed by atoms with Gasteiger partial charge in [-0.15, -0.1) is 0 Å². The minimum atomic E-state index is -0.429. The van der Waals surface area contributed by atoms with Gasteiger partial charge in [-0.2, -0.15) is 0 Å². The molecule has 6 nitrogen and oxygen atoms in total. The molecular weight excluding hydrogens is 398 g/mol. The van der Waals surface area contributed by atoms with Gasteiger partial charge in [0.25, 0.3) is 11.8 Å². The molecule has 2 N–H and O–H groups in total. The lowest BCUT2D eigenvalue weighted by atomic mass is 9.99. The smallest absolute Gasteiger partial charge is 0.262 e. The van der Waals surface area contributed by atoms with Crippen LogP contribution in [0.4, 0.5) is 5.69 Å². The first-order valence-corrected chi connectivity index (χ1v) is 9.04. The molecule has 7 heteroatoms. The van der Waals surface area contributed by atoms with E-state index >= 15 is 0 Å². The first-order chi connectivity index (χ1) is 12.4. The van der Waals surface area contributed by atoms with Gasteiger partial charge in [-0.3, -0.25) is 19.3 Å². The second kappa shape index (κ2) is 6.25. The zero-order valence-electron chi connectivity index (χ0n) is 13.9. The molecule has 3 amide bonds. The molecule has 2 heterocycles. The van der Waals surface area contributed by atoms with Crippen molar-refractivity contribution in [2.75, 3.05) is 18.8 Å². The topological polar surface area (TPSA) is 83.7 Å². The lowest BCUT2D eigenvalue weighted by Gasteiger charge is -2.30. The summed E-state index contributed by atoms with van der Waals surface area (Å²) in [5, 5.41) is 0. The van der Waals surface area contributed by atoms with E-state index in [1.807, 2.05) is 18.2 Å². The van der Waals surface area contributed by atoms with Crippen LogP contribution in [0.25, 0.3) is 0 Å². The van der Waals surface area contributed by atoms with Gasteiger partial charge in [0.05, 0.1) is 11.1 Å². The molecule has 0 spiro atoms. The van der Waals surface area contributed by atoms with Gasteiger partial charge in [0.15, 0.2) is 0 Å². The quantitative estimate of drug-likeness (QED) is 0.604. The molecule has 0 aromatic heterocycles. The molecule has 2 aliphatic heterocycles. The second-order valence-corrected chi connectivity index (χ2v) is 7.40. The van der Waals surface area contributed by atoms with Gasteiger partial charge in [-0.05, 0) is 47.9 Å². The van der Waals surface area contributed by atoms with Crippen LogP contribution in [0.15, 0.2) is 40.9 Å². The molecule has 0 fully saturated rings. The summed E-state index contributed by atoms with van der Waals surface area (Å²) in [7, 11) is 0. The standard InChI is InChI=1S/C19H16BrN3O3/c20-13-2-4-15-16(8-13)19(26)23(18(15)25)10-17(24)22-6-5-11-1-3-14(21)7-12(11)9-22/h1-4,7-8H,5-6,9-10,21H2. The first kappa shape index (κ1) is 16.8. The third-order valence-corrected chi connectivity index (χ3v) is 5.31. The van der Waals surface area contributed by atoms with Gasteiger partial charge >= 0.3 is 0 Å². The van der Waals surface area contributed by atoms with Crippen LogP contribution in [0.3, 0.4) is 0 Å². The average molecular weight is 414 g/mol. The number of halogens is 1. The van der Waals surface area contributed by atoms with Crippen LogP contribution < -0.4 is 5.73 Å². The number of benzene rings is 2. The van der Waals surface area contributed by atoms with E-state index in [0.29, 0.717) is 29.9 Å². The predicted octanol–water partition coefficient (Wildman–Crippen LogP) is 2.21. The largest absolute Gasteiger partial charge is 0.399 e. The number of imide groups is 1. The Balaban J connectivity index is 1.51. The fraction of sp³-hybridized carbons (Fsp3) is 0.211. The summed E-state index contributed by atoms with van der Waals surface area (Å²) in [6, 6.07) is 10.6. The van der Waals surface area contributed by atoms with Crippen molar-refractivity contribution in [3.63, 3.8) is 0 Å². The van der Waals surface area contributed by atoms with E-state index < -0.39 is 11.8 Å². The summed E-state index contributed by atoms with van der Waals surface area (Å²) in [6.45, 7) is 0.750. The number of carbonyl (C=O) groups is 3. The molecule has 0 aliphatic carbocycles. The van der Waals surface area contributed by atoms with Crippen LogP contribution in [-0.4, -0.2) is 40.6 Å². The van der Waals surface area contributed by atoms with Gasteiger partial charge in [0.2, 0.25) is 5.91 Å². The normalized spacial score (nSPS) is 15.9. The monoisotopic (exact) mass is 413 g/mol.